The second kappa shape index (κ2) is 13.8. The molecule has 2 fully saturated rings. The number of benzene rings is 1. The number of phenolic OH excluding ortho intramolecular Hbond substituents is 1. The first kappa shape index (κ1) is 25.7. The molecule has 174 valence electrons. The molecule has 0 spiro atoms. The highest BCUT2D eigenvalue weighted by atomic mass is 127. The molecule has 1 aromatic carbocycles. The third kappa shape index (κ3) is 8.48. The largest absolute Gasteiger partial charge is 0.508 e. The molecule has 2 aliphatic rings. The van der Waals surface area contributed by atoms with E-state index in [1.54, 1.807) is 12.1 Å². The van der Waals surface area contributed by atoms with Crippen molar-refractivity contribution in [2.75, 3.05) is 32.7 Å². The van der Waals surface area contributed by atoms with E-state index >= 15 is 0 Å². The lowest BCUT2D eigenvalue weighted by Gasteiger charge is -2.40. The number of guanidine groups is 1. The first-order valence-corrected chi connectivity index (χ1v) is 11.5. The summed E-state index contributed by atoms with van der Waals surface area (Å²) in [6.45, 7) is 6.17. The summed E-state index contributed by atoms with van der Waals surface area (Å²) in [5, 5.41) is 19.1. The molecule has 1 atom stereocenters. The fraction of sp³-hybridized carbons (Fsp3) is 0.652. The molecule has 0 aromatic heterocycles. The van der Waals surface area contributed by atoms with Gasteiger partial charge in [0.2, 0.25) is 0 Å². The number of carbonyl (C=O) groups is 1. The third-order valence-corrected chi connectivity index (χ3v) is 6.03. The number of amides is 1. The monoisotopic (exact) mass is 543 g/mol. The molecule has 4 N–H and O–H groups in total. The van der Waals surface area contributed by atoms with Crippen LogP contribution in [-0.2, 0) is 0 Å². The minimum atomic E-state index is -0.154. The van der Waals surface area contributed by atoms with Crippen molar-refractivity contribution in [2.24, 2.45) is 4.99 Å². The molecule has 1 saturated heterocycles. The van der Waals surface area contributed by atoms with Crippen molar-refractivity contribution in [3.05, 3.63) is 29.8 Å². The van der Waals surface area contributed by atoms with E-state index < -0.39 is 0 Å². The summed E-state index contributed by atoms with van der Waals surface area (Å²) >= 11 is 0. The van der Waals surface area contributed by atoms with Gasteiger partial charge in [-0.3, -0.25) is 14.7 Å². The highest BCUT2D eigenvalue weighted by Gasteiger charge is 2.27. The zero-order valence-corrected chi connectivity index (χ0v) is 20.9. The summed E-state index contributed by atoms with van der Waals surface area (Å²) in [4.78, 5) is 19.5. The molecule has 1 heterocycles. The Labute approximate surface area is 203 Å². The molecule has 1 amide bonds. The number of rotatable bonds is 7. The summed E-state index contributed by atoms with van der Waals surface area (Å²) in [6, 6.07) is 7.44. The first-order chi connectivity index (χ1) is 14.7. The van der Waals surface area contributed by atoms with Gasteiger partial charge in [-0.05, 0) is 63.4 Å². The average Bonchev–Trinajstić information content (AvgIpc) is 2.78. The quantitative estimate of drug-likeness (QED) is 0.184. The maximum Gasteiger partial charge on any atom is 0.251 e. The standard InChI is InChI=1S/C23H37N5O2.HI/c1-2-24-23(26-15-14-25-22(30)18-10-12-21(29)13-11-18)27-19-7-6-16-28(17-19)20-8-4-3-5-9-20;/h10-13,19-20,29H,2-9,14-17H2,1H3,(H,25,30)(H2,24,26,27);1H. The average molecular weight is 543 g/mol. The molecule has 1 saturated carbocycles. The topological polar surface area (TPSA) is 89.0 Å². The molecule has 1 unspecified atom stereocenters. The molecular formula is C23H38IN5O2. The lowest BCUT2D eigenvalue weighted by molar-refractivity contribution is 0.0955. The Morgan fingerprint density at radius 3 is 2.55 bits per heavy atom. The zero-order chi connectivity index (χ0) is 21.2. The van der Waals surface area contributed by atoms with E-state index in [0.717, 1.165) is 25.1 Å². The maximum atomic E-state index is 12.2. The van der Waals surface area contributed by atoms with Gasteiger partial charge in [0.05, 0.1) is 6.54 Å². The van der Waals surface area contributed by atoms with Crippen LogP contribution >= 0.6 is 24.0 Å². The second-order valence-electron chi connectivity index (χ2n) is 8.33. The Balaban J connectivity index is 0.00000341. The van der Waals surface area contributed by atoms with Crippen LogP contribution in [0, 0.1) is 0 Å². The normalized spacial score (nSPS) is 20.5. The minimum Gasteiger partial charge on any atom is -0.508 e. The predicted octanol–water partition coefficient (Wildman–Crippen LogP) is 3.09. The van der Waals surface area contributed by atoms with E-state index in [2.05, 4.69) is 32.8 Å². The summed E-state index contributed by atoms with van der Waals surface area (Å²) in [5.41, 5.74) is 0.534. The summed E-state index contributed by atoms with van der Waals surface area (Å²) in [7, 11) is 0. The number of hydrogen-bond acceptors (Lipinski definition) is 4. The van der Waals surface area contributed by atoms with Crippen LogP contribution in [0.5, 0.6) is 5.75 Å². The molecule has 1 aromatic rings. The van der Waals surface area contributed by atoms with Gasteiger partial charge in [0.15, 0.2) is 5.96 Å². The molecule has 0 bridgehead atoms. The van der Waals surface area contributed by atoms with Crippen LogP contribution in [0.3, 0.4) is 0 Å². The third-order valence-electron chi connectivity index (χ3n) is 6.03. The van der Waals surface area contributed by atoms with Crippen LogP contribution < -0.4 is 16.0 Å². The van der Waals surface area contributed by atoms with Crippen molar-refractivity contribution < 1.29 is 9.90 Å². The highest BCUT2D eigenvalue weighted by molar-refractivity contribution is 14.0. The Morgan fingerprint density at radius 1 is 1.10 bits per heavy atom. The molecule has 1 aliphatic heterocycles. The number of piperidine rings is 1. The maximum absolute atomic E-state index is 12.2. The number of nitrogens with zero attached hydrogens (tertiary/aromatic N) is 2. The number of aliphatic imine (C=N–C) groups is 1. The highest BCUT2D eigenvalue weighted by Crippen LogP contribution is 2.25. The molecule has 0 radical (unpaired) electrons. The van der Waals surface area contributed by atoms with Gasteiger partial charge in [0, 0.05) is 37.3 Å². The van der Waals surface area contributed by atoms with E-state index in [4.69, 9.17) is 0 Å². The molecule has 3 rings (SSSR count). The summed E-state index contributed by atoms with van der Waals surface area (Å²) in [6.07, 6.45) is 9.25. The Morgan fingerprint density at radius 2 is 1.84 bits per heavy atom. The number of phenols is 1. The Bertz CT molecular complexity index is 692. The van der Waals surface area contributed by atoms with Gasteiger partial charge in [0.1, 0.15) is 5.75 Å². The van der Waals surface area contributed by atoms with Gasteiger partial charge in [-0.2, -0.15) is 0 Å². The molecule has 1 aliphatic carbocycles. The van der Waals surface area contributed by atoms with E-state index in [9.17, 15) is 9.90 Å². The van der Waals surface area contributed by atoms with E-state index in [1.165, 1.54) is 63.6 Å². The number of likely N-dealkylation sites (tertiary alicyclic amines) is 1. The number of carbonyl (C=O) groups excluding carboxylic acids is 1. The van der Waals surface area contributed by atoms with Gasteiger partial charge in [-0.25, -0.2) is 0 Å². The van der Waals surface area contributed by atoms with Crippen molar-refractivity contribution in [3.63, 3.8) is 0 Å². The fourth-order valence-electron chi connectivity index (χ4n) is 4.47. The minimum absolute atomic E-state index is 0. The second-order valence-corrected chi connectivity index (χ2v) is 8.33. The summed E-state index contributed by atoms with van der Waals surface area (Å²) < 4.78 is 0. The smallest absolute Gasteiger partial charge is 0.251 e. The number of hydrogen-bond donors (Lipinski definition) is 4. The van der Waals surface area contributed by atoms with Crippen molar-refractivity contribution in [2.45, 2.75) is 64.0 Å². The van der Waals surface area contributed by atoms with Crippen LogP contribution in [-0.4, -0.2) is 66.7 Å². The van der Waals surface area contributed by atoms with Gasteiger partial charge in [0.25, 0.3) is 5.91 Å². The SMILES string of the molecule is CCNC(=NCCNC(=O)c1ccc(O)cc1)NC1CCCN(C2CCCCC2)C1.I. The van der Waals surface area contributed by atoms with E-state index in [0.29, 0.717) is 24.7 Å². The number of halogens is 1. The summed E-state index contributed by atoms with van der Waals surface area (Å²) in [5.74, 6) is 0.827. The van der Waals surface area contributed by atoms with Gasteiger partial charge < -0.3 is 21.1 Å². The predicted molar refractivity (Wildman–Crippen MR) is 136 cm³/mol. The first-order valence-electron chi connectivity index (χ1n) is 11.5. The van der Waals surface area contributed by atoms with Crippen LogP contribution in [0.15, 0.2) is 29.3 Å². The van der Waals surface area contributed by atoms with E-state index in [1.807, 2.05) is 0 Å². The van der Waals surface area contributed by atoms with Gasteiger partial charge >= 0.3 is 0 Å². The van der Waals surface area contributed by atoms with Gasteiger partial charge in [-0.15, -0.1) is 24.0 Å². The Kier molecular flexibility index (Phi) is 11.4. The van der Waals surface area contributed by atoms with E-state index in [-0.39, 0.29) is 35.6 Å². The number of aromatic hydroxyl groups is 1. The lowest BCUT2D eigenvalue weighted by atomic mass is 9.92. The molecule has 7 nitrogen and oxygen atoms in total. The molecular weight excluding hydrogens is 505 g/mol. The Hall–Kier alpha value is -1.55. The molecule has 8 heteroatoms. The van der Waals surface area contributed by atoms with Crippen molar-refractivity contribution in [3.8, 4) is 5.75 Å². The zero-order valence-electron chi connectivity index (χ0n) is 18.6. The van der Waals surface area contributed by atoms with Crippen LogP contribution in [0.1, 0.15) is 62.2 Å². The van der Waals surface area contributed by atoms with Gasteiger partial charge in [-0.1, -0.05) is 19.3 Å². The lowest BCUT2D eigenvalue weighted by Crippen LogP contribution is -2.53. The molecule has 31 heavy (non-hydrogen) atoms. The van der Waals surface area contributed by atoms with Crippen molar-refractivity contribution in [1.82, 2.24) is 20.9 Å². The van der Waals surface area contributed by atoms with Crippen molar-refractivity contribution in [1.29, 1.82) is 0 Å². The van der Waals surface area contributed by atoms with Crippen LogP contribution in [0.25, 0.3) is 0 Å². The number of nitrogens with one attached hydrogen (secondary N) is 3. The van der Waals surface area contributed by atoms with Crippen LogP contribution in [0.4, 0.5) is 0 Å². The van der Waals surface area contributed by atoms with Crippen LogP contribution in [0.2, 0.25) is 0 Å². The fourth-order valence-corrected chi connectivity index (χ4v) is 4.47. The van der Waals surface area contributed by atoms with Crippen molar-refractivity contribution >= 4 is 35.8 Å².